The SMILES string of the molecule is CNCC(C(=O)N(C)CCC(C)C)C(C)C. The van der Waals surface area contributed by atoms with Gasteiger partial charge in [-0.25, -0.2) is 0 Å². The van der Waals surface area contributed by atoms with Crippen molar-refractivity contribution < 1.29 is 4.79 Å². The lowest BCUT2D eigenvalue weighted by atomic mass is 9.94. The molecule has 0 saturated carbocycles. The average molecular weight is 228 g/mol. The Morgan fingerprint density at radius 3 is 2.19 bits per heavy atom. The molecule has 16 heavy (non-hydrogen) atoms. The largest absolute Gasteiger partial charge is 0.345 e. The van der Waals surface area contributed by atoms with Gasteiger partial charge in [0.25, 0.3) is 0 Å². The Morgan fingerprint density at radius 1 is 1.25 bits per heavy atom. The summed E-state index contributed by atoms with van der Waals surface area (Å²) in [4.78, 5) is 14.1. The third-order valence-corrected chi connectivity index (χ3v) is 2.96. The maximum absolute atomic E-state index is 12.2. The van der Waals surface area contributed by atoms with E-state index in [4.69, 9.17) is 0 Å². The molecule has 0 radical (unpaired) electrons. The summed E-state index contributed by atoms with van der Waals surface area (Å²) in [5, 5.41) is 3.10. The average Bonchev–Trinajstić information content (AvgIpc) is 2.20. The molecule has 0 spiro atoms. The van der Waals surface area contributed by atoms with Gasteiger partial charge in [-0.3, -0.25) is 4.79 Å². The maximum Gasteiger partial charge on any atom is 0.226 e. The van der Waals surface area contributed by atoms with Crippen molar-refractivity contribution in [2.45, 2.75) is 34.1 Å². The fourth-order valence-corrected chi connectivity index (χ4v) is 1.67. The normalized spacial score (nSPS) is 13.2. The molecule has 0 saturated heterocycles. The predicted molar refractivity (Wildman–Crippen MR) is 69.3 cm³/mol. The first-order valence-corrected chi connectivity index (χ1v) is 6.29. The molecule has 3 nitrogen and oxygen atoms in total. The standard InChI is InChI=1S/C13H28N2O/c1-10(2)7-8-15(6)13(16)12(9-14-5)11(3)4/h10-12,14H,7-9H2,1-6H3. The summed E-state index contributed by atoms with van der Waals surface area (Å²) < 4.78 is 0. The van der Waals surface area contributed by atoms with Crippen LogP contribution >= 0.6 is 0 Å². The number of nitrogens with zero attached hydrogens (tertiary/aromatic N) is 1. The van der Waals surface area contributed by atoms with E-state index in [9.17, 15) is 4.79 Å². The van der Waals surface area contributed by atoms with E-state index in [2.05, 4.69) is 33.0 Å². The number of amides is 1. The van der Waals surface area contributed by atoms with E-state index in [0.29, 0.717) is 11.8 Å². The lowest BCUT2D eigenvalue weighted by Crippen LogP contribution is -2.40. The third-order valence-electron chi connectivity index (χ3n) is 2.96. The summed E-state index contributed by atoms with van der Waals surface area (Å²) in [6, 6.07) is 0. The topological polar surface area (TPSA) is 32.3 Å². The molecule has 1 unspecified atom stereocenters. The number of carbonyl (C=O) groups excluding carboxylic acids is 1. The number of carbonyl (C=O) groups is 1. The van der Waals surface area contributed by atoms with Gasteiger partial charge in [-0.1, -0.05) is 27.7 Å². The Kier molecular flexibility index (Phi) is 7.39. The zero-order valence-electron chi connectivity index (χ0n) is 11.7. The molecule has 0 bridgehead atoms. The van der Waals surface area contributed by atoms with E-state index in [1.165, 1.54) is 0 Å². The van der Waals surface area contributed by atoms with Crippen LogP contribution in [0.5, 0.6) is 0 Å². The van der Waals surface area contributed by atoms with Crippen molar-refractivity contribution in [1.82, 2.24) is 10.2 Å². The molecule has 0 heterocycles. The Bertz CT molecular complexity index is 202. The highest BCUT2D eigenvalue weighted by Crippen LogP contribution is 2.13. The van der Waals surface area contributed by atoms with Crippen LogP contribution < -0.4 is 5.32 Å². The molecule has 0 rings (SSSR count). The zero-order valence-corrected chi connectivity index (χ0v) is 11.7. The molecule has 0 aliphatic carbocycles. The smallest absolute Gasteiger partial charge is 0.226 e. The maximum atomic E-state index is 12.2. The summed E-state index contributed by atoms with van der Waals surface area (Å²) in [5.74, 6) is 1.41. The first kappa shape index (κ1) is 15.4. The van der Waals surface area contributed by atoms with Gasteiger partial charge in [0.2, 0.25) is 5.91 Å². The zero-order chi connectivity index (χ0) is 12.7. The van der Waals surface area contributed by atoms with Crippen LogP contribution in [-0.2, 0) is 4.79 Å². The Balaban J connectivity index is 4.25. The van der Waals surface area contributed by atoms with Crippen molar-refractivity contribution in [3.63, 3.8) is 0 Å². The monoisotopic (exact) mass is 228 g/mol. The van der Waals surface area contributed by atoms with Gasteiger partial charge in [-0.15, -0.1) is 0 Å². The van der Waals surface area contributed by atoms with Crippen molar-refractivity contribution in [2.24, 2.45) is 17.8 Å². The number of hydrogen-bond acceptors (Lipinski definition) is 2. The highest BCUT2D eigenvalue weighted by Gasteiger charge is 2.24. The Labute approximate surface area is 101 Å². The first-order valence-electron chi connectivity index (χ1n) is 6.29. The minimum Gasteiger partial charge on any atom is -0.345 e. The third kappa shape index (κ3) is 5.50. The first-order chi connectivity index (χ1) is 7.40. The van der Waals surface area contributed by atoms with Crippen molar-refractivity contribution >= 4 is 5.91 Å². The molecular formula is C13H28N2O. The lowest BCUT2D eigenvalue weighted by Gasteiger charge is -2.26. The summed E-state index contributed by atoms with van der Waals surface area (Å²) >= 11 is 0. The van der Waals surface area contributed by atoms with Gasteiger partial charge in [0, 0.05) is 20.1 Å². The van der Waals surface area contributed by atoms with Gasteiger partial charge in [0.15, 0.2) is 0 Å². The van der Waals surface area contributed by atoms with Gasteiger partial charge in [0.1, 0.15) is 0 Å². The molecule has 0 aromatic heterocycles. The fourth-order valence-electron chi connectivity index (χ4n) is 1.67. The second-order valence-electron chi connectivity index (χ2n) is 5.35. The molecular weight excluding hydrogens is 200 g/mol. The fraction of sp³-hybridized carbons (Fsp3) is 0.923. The number of hydrogen-bond donors (Lipinski definition) is 1. The van der Waals surface area contributed by atoms with Crippen molar-refractivity contribution in [1.29, 1.82) is 0 Å². The van der Waals surface area contributed by atoms with Crippen LogP contribution in [0, 0.1) is 17.8 Å². The molecule has 0 aliphatic heterocycles. The van der Waals surface area contributed by atoms with Gasteiger partial charge in [-0.05, 0) is 25.3 Å². The minimum absolute atomic E-state index is 0.0992. The lowest BCUT2D eigenvalue weighted by molar-refractivity contribution is -0.135. The van der Waals surface area contributed by atoms with Crippen molar-refractivity contribution in [3.05, 3.63) is 0 Å². The predicted octanol–water partition coefficient (Wildman–Crippen LogP) is 1.98. The van der Waals surface area contributed by atoms with Gasteiger partial charge >= 0.3 is 0 Å². The van der Waals surface area contributed by atoms with Gasteiger partial charge in [0.05, 0.1) is 5.92 Å². The van der Waals surface area contributed by atoms with Crippen LogP contribution in [0.2, 0.25) is 0 Å². The van der Waals surface area contributed by atoms with Crippen LogP contribution in [0.15, 0.2) is 0 Å². The Hall–Kier alpha value is -0.570. The molecule has 0 fully saturated rings. The molecule has 1 N–H and O–H groups in total. The number of nitrogens with one attached hydrogen (secondary N) is 1. The Morgan fingerprint density at radius 2 is 1.81 bits per heavy atom. The summed E-state index contributed by atoms with van der Waals surface area (Å²) in [6.45, 7) is 10.2. The summed E-state index contributed by atoms with van der Waals surface area (Å²) in [5.41, 5.74) is 0. The molecule has 96 valence electrons. The van der Waals surface area contributed by atoms with E-state index in [1.807, 2.05) is 19.0 Å². The molecule has 0 aromatic rings. The molecule has 3 heteroatoms. The van der Waals surface area contributed by atoms with Gasteiger partial charge in [-0.2, -0.15) is 0 Å². The minimum atomic E-state index is 0.0992. The molecule has 1 atom stereocenters. The van der Waals surface area contributed by atoms with E-state index in [1.54, 1.807) is 0 Å². The van der Waals surface area contributed by atoms with Crippen LogP contribution in [0.1, 0.15) is 34.1 Å². The second kappa shape index (κ2) is 7.66. The van der Waals surface area contributed by atoms with Crippen molar-refractivity contribution in [2.75, 3.05) is 27.2 Å². The molecule has 0 aromatic carbocycles. The highest BCUT2D eigenvalue weighted by atomic mass is 16.2. The highest BCUT2D eigenvalue weighted by molar-refractivity contribution is 5.79. The number of rotatable bonds is 7. The molecule has 0 aliphatic rings. The van der Waals surface area contributed by atoms with Crippen molar-refractivity contribution in [3.8, 4) is 0 Å². The summed E-state index contributed by atoms with van der Waals surface area (Å²) in [6.07, 6.45) is 1.08. The van der Waals surface area contributed by atoms with Crippen LogP contribution in [0.3, 0.4) is 0 Å². The quantitative estimate of drug-likeness (QED) is 0.722. The van der Waals surface area contributed by atoms with Crippen LogP contribution in [-0.4, -0.2) is 38.0 Å². The van der Waals surface area contributed by atoms with Crippen LogP contribution in [0.4, 0.5) is 0 Å². The van der Waals surface area contributed by atoms with E-state index in [0.717, 1.165) is 19.5 Å². The van der Waals surface area contributed by atoms with Gasteiger partial charge < -0.3 is 10.2 Å². The van der Waals surface area contributed by atoms with E-state index in [-0.39, 0.29) is 11.8 Å². The van der Waals surface area contributed by atoms with E-state index < -0.39 is 0 Å². The molecule has 1 amide bonds. The van der Waals surface area contributed by atoms with Crippen LogP contribution in [0.25, 0.3) is 0 Å². The summed E-state index contributed by atoms with van der Waals surface area (Å²) in [7, 11) is 3.81. The second-order valence-corrected chi connectivity index (χ2v) is 5.35. The van der Waals surface area contributed by atoms with E-state index >= 15 is 0 Å².